The van der Waals surface area contributed by atoms with E-state index in [2.05, 4.69) is 11.8 Å². The normalized spacial score (nSPS) is 7.41. The molecule has 2 rings (SSSR count). The molecule has 0 amide bonds. The van der Waals surface area contributed by atoms with E-state index in [0.29, 0.717) is 0 Å². The zero-order valence-corrected chi connectivity index (χ0v) is 12.4. The molecule has 0 saturated heterocycles. The first kappa shape index (κ1) is 15.2. The number of benzene rings is 2. The fraction of sp³-hybridized carbons (Fsp3) is 0. The largest absolute Gasteiger partial charge is 2.00 e. The van der Waals surface area contributed by atoms with Crippen molar-refractivity contribution in [3.63, 3.8) is 0 Å². The third-order valence-electron chi connectivity index (χ3n) is 1.84. The molecule has 0 fully saturated rings. The summed E-state index contributed by atoms with van der Waals surface area (Å²) >= 11 is 0. The average molecular weight is 268 g/mol. The van der Waals surface area contributed by atoms with Crippen LogP contribution in [-0.4, -0.2) is 0 Å². The Morgan fingerprint density at radius 3 is 1.06 bits per heavy atom. The van der Waals surface area contributed by atoms with Crippen LogP contribution in [0.25, 0.3) is 0 Å². The van der Waals surface area contributed by atoms with Crippen LogP contribution in [0.4, 0.5) is 0 Å². The Labute approximate surface area is 116 Å². The van der Waals surface area contributed by atoms with Gasteiger partial charge in [0.05, 0.1) is 0 Å². The van der Waals surface area contributed by atoms with E-state index in [9.17, 15) is 0 Å². The van der Waals surface area contributed by atoms with Crippen molar-refractivity contribution >= 4 is 0 Å². The number of hydrogen-bond donors (Lipinski definition) is 0. The van der Waals surface area contributed by atoms with Gasteiger partial charge >= 0.3 is 19.5 Å². The fourth-order valence-corrected chi connectivity index (χ4v) is 1.04. The Kier molecular flexibility index (Phi) is 8.41. The molecule has 0 atom stereocenters. The molecule has 0 aromatic heterocycles. The molecule has 0 heterocycles. The van der Waals surface area contributed by atoms with Crippen molar-refractivity contribution in [2.24, 2.45) is 0 Å². The zero-order chi connectivity index (χ0) is 11.6. The zero-order valence-electron chi connectivity index (χ0n) is 9.48. The van der Waals surface area contributed by atoms with Crippen LogP contribution in [0.1, 0.15) is 11.1 Å². The molecule has 0 nitrogen and oxygen atoms in total. The molecule has 0 aliphatic heterocycles. The Balaban J connectivity index is 0.000000284. The van der Waals surface area contributed by atoms with Gasteiger partial charge in [0.25, 0.3) is 0 Å². The Morgan fingerprint density at radius 2 is 0.882 bits per heavy atom. The van der Waals surface area contributed by atoms with Gasteiger partial charge in [-0.05, 0) is 0 Å². The summed E-state index contributed by atoms with van der Waals surface area (Å²) in [6.07, 6.45) is 13.4. The van der Waals surface area contributed by atoms with Gasteiger partial charge in [0.2, 0.25) is 0 Å². The molecule has 0 bridgehead atoms. The molecule has 0 radical (unpaired) electrons. The van der Waals surface area contributed by atoms with Crippen LogP contribution >= 0.6 is 0 Å². The maximum Gasteiger partial charge on any atom is 2.00 e. The van der Waals surface area contributed by atoms with E-state index in [1.54, 1.807) is 0 Å². The summed E-state index contributed by atoms with van der Waals surface area (Å²) < 4.78 is 0. The summed E-state index contributed by atoms with van der Waals surface area (Å²) in [6.45, 7) is 0. The van der Waals surface area contributed by atoms with Crippen molar-refractivity contribution in [3.8, 4) is 11.8 Å². The maximum atomic E-state index is 6.69. The molecule has 2 aromatic carbocycles. The predicted molar refractivity (Wildman–Crippen MR) is 65.4 cm³/mol. The molecular weight excluding hydrogens is 258 g/mol. The van der Waals surface area contributed by atoms with Gasteiger partial charge in [0.1, 0.15) is 0 Å². The van der Waals surface area contributed by atoms with E-state index in [4.69, 9.17) is 12.8 Å². The third kappa shape index (κ3) is 6.37. The molecule has 0 aliphatic rings. The predicted octanol–water partition coefficient (Wildman–Crippen LogP) is 3.25. The molecule has 2 aromatic rings. The summed E-state index contributed by atoms with van der Waals surface area (Å²) in [5, 5.41) is 0. The monoisotopic (exact) mass is 266 g/mol. The molecule has 0 aliphatic carbocycles. The van der Waals surface area contributed by atoms with E-state index in [0.717, 1.165) is 11.1 Å². The van der Waals surface area contributed by atoms with Gasteiger partial charge in [-0.3, -0.25) is 11.8 Å². The Morgan fingerprint density at radius 1 is 0.588 bits per heavy atom. The smallest absolute Gasteiger partial charge is 0.366 e. The summed E-state index contributed by atoms with van der Waals surface area (Å²) in [6, 6.07) is 18.7. The van der Waals surface area contributed by atoms with Crippen LogP contribution in [0.3, 0.4) is 0 Å². The van der Waals surface area contributed by atoms with Crippen LogP contribution in [0, 0.1) is 24.7 Å². The van der Waals surface area contributed by atoms with E-state index in [1.807, 2.05) is 60.7 Å². The van der Waals surface area contributed by atoms with Crippen molar-refractivity contribution in [2.45, 2.75) is 0 Å². The van der Waals surface area contributed by atoms with Gasteiger partial charge in [-0.25, -0.2) is 0 Å². The summed E-state index contributed by atoms with van der Waals surface area (Å²) in [7, 11) is 0. The molecule has 0 spiro atoms. The molecule has 0 N–H and O–H groups in total. The van der Waals surface area contributed by atoms with E-state index < -0.39 is 0 Å². The molecule has 17 heavy (non-hydrogen) atoms. The minimum atomic E-state index is 0. The van der Waals surface area contributed by atoms with Crippen molar-refractivity contribution < 1.29 is 19.5 Å². The molecular formula is C16H10Zn. The maximum absolute atomic E-state index is 6.69. The second-order valence-corrected chi connectivity index (χ2v) is 2.98. The second-order valence-electron chi connectivity index (χ2n) is 2.98. The molecule has 76 valence electrons. The standard InChI is InChI=1S/2C8H5.Zn/c2*1-2-8-6-4-3-5-7-8;/h2*3-7H;/q2*-1;+2. The van der Waals surface area contributed by atoms with Gasteiger partial charge in [-0.15, -0.1) is 35.4 Å². The summed E-state index contributed by atoms with van der Waals surface area (Å²) in [4.78, 5) is 0. The molecule has 0 saturated carbocycles. The van der Waals surface area contributed by atoms with Crippen molar-refractivity contribution in [1.82, 2.24) is 0 Å². The first-order valence-electron chi connectivity index (χ1n) is 4.82. The van der Waals surface area contributed by atoms with Gasteiger partial charge in [0, 0.05) is 0 Å². The minimum Gasteiger partial charge on any atom is -0.366 e. The SMILES string of the molecule is [C-]#Cc1ccccc1.[C-]#Cc1ccccc1.[Zn+2]. The number of hydrogen-bond acceptors (Lipinski definition) is 0. The third-order valence-corrected chi connectivity index (χ3v) is 1.84. The van der Waals surface area contributed by atoms with E-state index in [-0.39, 0.29) is 19.5 Å². The second kappa shape index (κ2) is 9.41. The van der Waals surface area contributed by atoms with Crippen LogP contribution in [0.15, 0.2) is 60.7 Å². The van der Waals surface area contributed by atoms with Gasteiger partial charge in [-0.1, -0.05) is 36.4 Å². The molecule has 0 unspecified atom stereocenters. The summed E-state index contributed by atoms with van der Waals surface area (Å²) in [5.41, 5.74) is 1.65. The van der Waals surface area contributed by atoms with Gasteiger partial charge in [0.15, 0.2) is 0 Å². The van der Waals surface area contributed by atoms with Crippen LogP contribution in [0.2, 0.25) is 0 Å². The molecule has 1 heteroatoms. The van der Waals surface area contributed by atoms with Crippen molar-refractivity contribution in [1.29, 1.82) is 0 Å². The average Bonchev–Trinajstić information content (AvgIpc) is 2.41. The fourth-order valence-electron chi connectivity index (χ4n) is 1.04. The quantitative estimate of drug-likeness (QED) is 0.390. The topological polar surface area (TPSA) is 0 Å². The van der Waals surface area contributed by atoms with Crippen molar-refractivity contribution in [2.75, 3.05) is 0 Å². The summed E-state index contributed by atoms with van der Waals surface area (Å²) in [5.74, 6) is 4.55. The first-order valence-corrected chi connectivity index (χ1v) is 4.82. The van der Waals surface area contributed by atoms with Crippen LogP contribution in [-0.2, 0) is 19.5 Å². The first-order chi connectivity index (χ1) is 7.86. The Bertz CT molecular complexity index is 437. The van der Waals surface area contributed by atoms with E-state index >= 15 is 0 Å². The number of rotatable bonds is 0. The Hall–Kier alpha value is -1.82. The van der Waals surface area contributed by atoms with Gasteiger partial charge in [-0.2, -0.15) is 0 Å². The van der Waals surface area contributed by atoms with Crippen LogP contribution in [0.5, 0.6) is 0 Å². The minimum absolute atomic E-state index is 0. The van der Waals surface area contributed by atoms with Gasteiger partial charge < -0.3 is 12.8 Å². The van der Waals surface area contributed by atoms with Crippen LogP contribution < -0.4 is 0 Å². The van der Waals surface area contributed by atoms with Crippen molar-refractivity contribution in [3.05, 3.63) is 84.6 Å². The van der Waals surface area contributed by atoms with E-state index in [1.165, 1.54) is 0 Å².